The fraction of sp³-hybridized carbons (Fsp3) is 0.806. The van der Waals surface area contributed by atoms with Crippen LogP contribution in [0.5, 0.6) is 0 Å². The van der Waals surface area contributed by atoms with E-state index in [1.807, 2.05) is 27.2 Å². The number of likely N-dealkylation sites (N-methyl/N-ethyl adjacent to an activating group) is 1. The largest absolute Gasteiger partial charge is 0.472 e. The van der Waals surface area contributed by atoms with Crippen LogP contribution in [-0.4, -0.2) is 73.4 Å². The number of unbranched alkanes of at least 4 members (excludes halogenated alkanes) is 14. The Morgan fingerprint density at radius 3 is 1.87 bits per heavy atom. The molecule has 3 atom stereocenters. The van der Waals surface area contributed by atoms with Crippen molar-refractivity contribution >= 4 is 13.7 Å². The molecule has 0 aromatic carbocycles. The zero-order valence-corrected chi connectivity index (χ0v) is 30.5. The number of nitrogens with zero attached hydrogens (tertiary/aromatic N) is 1. The molecular formula is C36H70N2O6P+. The van der Waals surface area contributed by atoms with Crippen LogP contribution in [0.25, 0.3) is 0 Å². The van der Waals surface area contributed by atoms with Crippen LogP contribution in [0.4, 0.5) is 0 Å². The lowest BCUT2D eigenvalue weighted by Crippen LogP contribution is -2.45. The van der Waals surface area contributed by atoms with Crippen LogP contribution in [0.15, 0.2) is 36.5 Å². The number of phosphoric ester groups is 1. The summed E-state index contributed by atoms with van der Waals surface area (Å²) in [7, 11) is 1.54. The third-order valence-electron chi connectivity index (χ3n) is 7.56. The lowest BCUT2D eigenvalue weighted by atomic mass is 10.1. The van der Waals surface area contributed by atoms with Crippen LogP contribution in [0.2, 0.25) is 0 Å². The first-order chi connectivity index (χ1) is 21.5. The quantitative estimate of drug-likeness (QED) is 0.0298. The molecule has 0 spiro atoms. The van der Waals surface area contributed by atoms with E-state index in [2.05, 4.69) is 43.5 Å². The minimum Gasteiger partial charge on any atom is -0.387 e. The average Bonchev–Trinajstić information content (AvgIpc) is 2.97. The van der Waals surface area contributed by atoms with Crippen LogP contribution in [0.3, 0.4) is 0 Å². The van der Waals surface area contributed by atoms with E-state index in [1.54, 1.807) is 6.08 Å². The van der Waals surface area contributed by atoms with Gasteiger partial charge in [0.05, 0.1) is 39.9 Å². The highest BCUT2D eigenvalue weighted by Crippen LogP contribution is 2.43. The van der Waals surface area contributed by atoms with Gasteiger partial charge in [0.15, 0.2) is 0 Å². The van der Waals surface area contributed by atoms with Gasteiger partial charge in [0.2, 0.25) is 5.91 Å². The Morgan fingerprint density at radius 1 is 0.733 bits per heavy atom. The molecule has 0 rings (SSSR count). The van der Waals surface area contributed by atoms with Gasteiger partial charge in [-0.1, -0.05) is 115 Å². The number of hydrogen-bond donors (Lipinski definition) is 3. The van der Waals surface area contributed by atoms with Crippen molar-refractivity contribution in [1.29, 1.82) is 0 Å². The van der Waals surface area contributed by atoms with Crippen molar-refractivity contribution in [2.75, 3.05) is 40.9 Å². The molecule has 0 aliphatic heterocycles. The van der Waals surface area contributed by atoms with Gasteiger partial charge in [0, 0.05) is 6.42 Å². The maximum atomic E-state index is 12.7. The summed E-state index contributed by atoms with van der Waals surface area (Å²) < 4.78 is 23.3. The molecule has 45 heavy (non-hydrogen) atoms. The van der Waals surface area contributed by atoms with E-state index in [9.17, 15) is 19.4 Å². The first-order valence-corrected chi connectivity index (χ1v) is 19.4. The summed E-state index contributed by atoms with van der Waals surface area (Å²) in [5, 5.41) is 13.6. The highest BCUT2D eigenvalue weighted by atomic mass is 31.2. The molecule has 0 heterocycles. The molecule has 9 heteroatoms. The van der Waals surface area contributed by atoms with E-state index in [4.69, 9.17) is 9.05 Å². The highest BCUT2D eigenvalue weighted by molar-refractivity contribution is 7.47. The third-order valence-corrected chi connectivity index (χ3v) is 8.55. The van der Waals surface area contributed by atoms with Gasteiger partial charge in [-0.25, -0.2) is 4.57 Å². The summed E-state index contributed by atoms with van der Waals surface area (Å²) >= 11 is 0. The van der Waals surface area contributed by atoms with Gasteiger partial charge in [-0.3, -0.25) is 13.8 Å². The minimum atomic E-state index is -4.33. The average molecular weight is 658 g/mol. The number of aliphatic hydroxyl groups excluding tert-OH is 1. The van der Waals surface area contributed by atoms with Gasteiger partial charge in [-0.05, 0) is 51.4 Å². The van der Waals surface area contributed by atoms with Crippen LogP contribution in [0, 0.1) is 0 Å². The van der Waals surface area contributed by atoms with E-state index in [0.29, 0.717) is 17.4 Å². The molecule has 3 unspecified atom stereocenters. The van der Waals surface area contributed by atoms with Crippen molar-refractivity contribution in [1.82, 2.24) is 5.32 Å². The number of quaternary nitrogens is 1. The zero-order chi connectivity index (χ0) is 33.7. The van der Waals surface area contributed by atoms with E-state index in [1.165, 1.54) is 57.8 Å². The highest BCUT2D eigenvalue weighted by Gasteiger charge is 2.27. The lowest BCUT2D eigenvalue weighted by molar-refractivity contribution is -0.870. The maximum Gasteiger partial charge on any atom is 0.472 e. The van der Waals surface area contributed by atoms with Crippen LogP contribution in [-0.2, 0) is 18.4 Å². The second-order valence-corrected chi connectivity index (χ2v) is 14.7. The summed E-state index contributed by atoms with van der Waals surface area (Å²) in [5.41, 5.74) is 0. The molecule has 0 saturated carbocycles. The van der Waals surface area contributed by atoms with Crippen molar-refractivity contribution in [2.24, 2.45) is 0 Å². The first kappa shape index (κ1) is 43.7. The number of phosphoric acid groups is 1. The Hall–Kier alpha value is -1.28. The SMILES string of the molecule is CCC/C=C/CC/C=C/C(O)C(COP(=O)(O)OCC[N+](C)(C)C)NC(=O)CCCCCCC/C=C\CCCCCCCCC. The number of nitrogens with one attached hydrogen (secondary N) is 1. The predicted octanol–water partition coefficient (Wildman–Crippen LogP) is 8.79. The molecule has 264 valence electrons. The number of carbonyl (C=O) groups is 1. The fourth-order valence-electron chi connectivity index (χ4n) is 4.64. The number of amides is 1. The standard InChI is InChI=1S/C36H69N2O6P/c1-6-8-10-12-14-15-16-17-18-19-20-21-22-24-26-28-30-36(40)37-34(35(39)29-27-25-23-13-11-9-7-2)33-44-45(41,42)43-32-31-38(3,4)5/h11,13,18-19,27,29,34-35,39H,6-10,12,14-17,20-26,28,30-33H2,1-5H3,(H-,37,40,41,42)/p+1/b13-11+,19-18-,29-27+. The second-order valence-electron chi connectivity index (χ2n) is 13.2. The van der Waals surface area contributed by atoms with Gasteiger partial charge in [0.1, 0.15) is 13.2 Å². The van der Waals surface area contributed by atoms with Crippen LogP contribution in [0.1, 0.15) is 136 Å². The Labute approximate surface area is 276 Å². The van der Waals surface area contributed by atoms with Gasteiger partial charge >= 0.3 is 7.82 Å². The summed E-state index contributed by atoms with van der Waals surface area (Å²) in [4.78, 5) is 22.8. The van der Waals surface area contributed by atoms with Gasteiger partial charge < -0.3 is 19.8 Å². The lowest BCUT2D eigenvalue weighted by Gasteiger charge is -2.25. The van der Waals surface area contributed by atoms with Gasteiger partial charge in [0.25, 0.3) is 0 Å². The molecule has 0 aromatic heterocycles. The summed E-state index contributed by atoms with van der Waals surface area (Å²) in [6, 6.07) is -0.861. The fourth-order valence-corrected chi connectivity index (χ4v) is 5.38. The Morgan fingerprint density at radius 2 is 1.27 bits per heavy atom. The molecule has 1 amide bonds. The van der Waals surface area contributed by atoms with E-state index in [0.717, 1.165) is 57.8 Å². The van der Waals surface area contributed by atoms with E-state index < -0.39 is 20.0 Å². The molecule has 0 radical (unpaired) electrons. The van der Waals surface area contributed by atoms with Crippen molar-refractivity contribution in [3.8, 4) is 0 Å². The molecule has 8 nitrogen and oxygen atoms in total. The molecule has 0 saturated heterocycles. The monoisotopic (exact) mass is 657 g/mol. The third kappa shape index (κ3) is 31.1. The molecule has 0 fully saturated rings. The molecule has 0 aliphatic rings. The van der Waals surface area contributed by atoms with Crippen molar-refractivity contribution < 1.29 is 32.9 Å². The number of carbonyl (C=O) groups excluding carboxylic acids is 1. The number of hydrogen-bond acceptors (Lipinski definition) is 5. The van der Waals surface area contributed by atoms with E-state index in [-0.39, 0.29) is 19.1 Å². The van der Waals surface area contributed by atoms with Crippen LogP contribution < -0.4 is 5.32 Å². The molecule has 3 N–H and O–H groups in total. The Bertz CT molecular complexity index is 840. The summed E-state index contributed by atoms with van der Waals surface area (Å²) in [6.45, 7) is 4.64. The molecule has 0 aromatic rings. The smallest absolute Gasteiger partial charge is 0.387 e. The number of allylic oxidation sites excluding steroid dienone is 5. The maximum absolute atomic E-state index is 12.7. The van der Waals surface area contributed by atoms with Crippen molar-refractivity contribution in [3.63, 3.8) is 0 Å². The molecular weight excluding hydrogens is 587 g/mol. The number of aliphatic hydroxyl groups is 1. The summed E-state index contributed by atoms with van der Waals surface area (Å²) in [6.07, 6.45) is 32.3. The van der Waals surface area contributed by atoms with Crippen molar-refractivity contribution in [3.05, 3.63) is 36.5 Å². The summed E-state index contributed by atoms with van der Waals surface area (Å²) in [5.74, 6) is -0.203. The number of rotatable bonds is 31. The van der Waals surface area contributed by atoms with Gasteiger partial charge in [-0.2, -0.15) is 0 Å². The normalized spacial score (nSPS) is 15.3. The molecule has 0 bridgehead atoms. The van der Waals surface area contributed by atoms with E-state index >= 15 is 0 Å². The van der Waals surface area contributed by atoms with Gasteiger partial charge in [-0.15, -0.1) is 0 Å². The minimum absolute atomic E-state index is 0.0534. The Kier molecular flexibility index (Phi) is 28.1. The second kappa shape index (κ2) is 28.9. The van der Waals surface area contributed by atoms with Crippen molar-refractivity contribution in [2.45, 2.75) is 148 Å². The Balaban J connectivity index is 4.46. The topological polar surface area (TPSA) is 105 Å². The molecule has 0 aliphatic carbocycles. The zero-order valence-electron chi connectivity index (χ0n) is 29.6. The first-order valence-electron chi connectivity index (χ1n) is 17.9. The predicted molar refractivity (Wildman–Crippen MR) is 189 cm³/mol. The van der Waals surface area contributed by atoms with Crippen LogP contribution >= 0.6 is 7.82 Å².